The zero-order valence-corrected chi connectivity index (χ0v) is 16.7. The highest BCUT2D eigenvalue weighted by Crippen LogP contribution is 2.34. The van der Waals surface area contributed by atoms with Crippen molar-refractivity contribution in [1.29, 1.82) is 0 Å². The van der Waals surface area contributed by atoms with Crippen LogP contribution in [0, 0.1) is 5.92 Å². The number of anilines is 1. The molecule has 4 aliphatic rings. The number of nitrogens with zero attached hydrogens (tertiary/aromatic N) is 3. The highest BCUT2D eigenvalue weighted by Gasteiger charge is 2.35. The van der Waals surface area contributed by atoms with Gasteiger partial charge >= 0.3 is 0 Å². The molecule has 1 unspecified atom stereocenters. The highest BCUT2D eigenvalue weighted by atomic mass is 32.2. The van der Waals surface area contributed by atoms with Crippen LogP contribution in [0.5, 0.6) is 0 Å². The minimum absolute atomic E-state index is 0.0870. The van der Waals surface area contributed by atoms with E-state index in [4.69, 9.17) is 0 Å². The fourth-order valence-electron chi connectivity index (χ4n) is 4.30. The van der Waals surface area contributed by atoms with Gasteiger partial charge in [-0.15, -0.1) is 11.3 Å². The number of carbonyl (C=O) groups is 2. The summed E-state index contributed by atoms with van der Waals surface area (Å²) < 4.78 is 1.00. The van der Waals surface area contributed by atoms with Crippen molar-refractivity contribution < 1.29 is 9.59 Å². The molecule has 0 aliphatic carbocycles. The predicted octanol–water partition coefficient (Wildman–Crippen LogP) is 2.20. The minimum Gasteiger partial charge on any atom is -0.346 e. The van der Waals surface area contributed by atoms with Gasteiger partial charge in [-0.25, -0.2) is 0 Å². The molecule has 4 saturated heterocycles. The molecule has 2 amide bonds. The van der Waals surface area contributed by atoms with Gasteiger partial charge in [-0.2, -0.15) is 11.8 Å². The van der Waals surface area contributed by atoms with Gasteiger partial charge < -0.3 is 15.1 Å². The van der Waals surface area contributed by atoms with Crippen molar-refractivity contribution in [2.24, 2.45) is 5.92 Å². The average Bonchev–Trinajstić information content (AvgIpc) is 3.12. The van der Waals surface area contributed by atoms with Crippen LogP contribution in [0.1, 0.15) is 23.3 Å². The van der Waals surface area contributed by atoms with E-state index in [0.717, 1.165) is 47.0 Å². The summed E-state index contributed by atoms with van der Waals surface area (Å²) in [6, 6.07) is 4.11. The summed E-state index contributed by atoms with van der Waals surface area (Å²) in [5, 5.41) is 5.14. The second-order valence-electron chi connectivity index (χ2n) is 7.51. The zero-order chi connectivity index (χ0) is 18.4. The topological polar surface area (TPSA) is 65.5 Å². The first-order chi connectivity index (χ1) is 13.2. The van der Waals surface area contributed by atoms with Gasteiger partial charge in [-0.3, -0.25) is 14.6 Å². The van der Waals surface area contributed by atoms with Crippen molar-refractivity contribution in [3.8, 4) is 0 Å². The number of rotatable bonds is 3. The van der Waals surface area contributed by atoms with Crippen LogP contribution in [0.2, 0.25) is 0 Å². The molecule has 0 saturated carbocycles. The number of nitrogens with one attached hydrogen (secondary N) is 1. The molecule has 2 bridgehead atoms. The third kappa shape index (κ3) is 3.34. The first-order valence-corrected chi connectivity index (χ1v) is 11.5. The van der Waals surface area contributed by atoms with E-state index in [1.165, 1.54) is 12.8 Å². The largest absolute Gasteiger partial charge is 0.346 e. The summed E-state index contributed by atoms with van der Waals surface area (Å²) in [4.78, 5) is 33.6. The lowest BCUT2D eigenvalue weighted by Gasteiger charge is -2.44. The fraction of sp³-hybridized carbons (Fsp3) is 0.526. The maximum absolute atomic E-state index is 12.7. The molecule has 1 atom stereocenters. The second kappa shape index (κ2) is 7.07. The molecule has 1 N–H and O–H groups in total. The second-order valence-corrected chi connectivity index (χ2v) is 9.68. The van der Waals surface area contributed by atoms with E-state index < -0.39 is 0 Å². The molecule has 0 aromatic carbocycles. The van der Waals surface area contributed by atoms with Crippen molar-refractivity contribution in [2.45, 2.75) is 18.9 Å². The molecule has 4 fully saturated rings. The molecular formula is C19H22N4O2S2. The van der Waals surface area contributed by atoms with Crippen molar-refractivity contribution in [2.75, 3.05) is 42.6 Å². The van der Waals surface area contributed by atoms with E-state index >= 15 is 0 Å². The molecule has 27 heavy (non-hydrogen) atoms. The average molecular weight is 403 g/mol. The number of carbonyl (C=O) groups excluding carboxylic acids is 2. The number of aromatic nitrogens is 1. The fourth-order valence-corrected chi connectivity index (χ4v) is 6.20. The molecule has 6 nitrogen and oxygen atoms in total. The van der Waals surface area contributed by atoms with Crippen LogP contribution in [0.3, 0.4) is 0 Å². The summed E-state index contributed by atoms with van der Waals surface area (Å²) >= 11 is 3.25. The SMILES string of the molecule is O=C(NC1CN2CCC1CC2)c1cc2sc(N3CCSCC3=O)cc2cn1. The van der Waals surface area contributed by atoms with Gasteiger partial charge in [-0.05, 0) is 44.0 Å². The van der Waals surface area contributed by atoms with Crippen LogP contribution in [0.15, 0.2) is 18.3 Å². The van der Waals surface area contributed by atoms with E-state index in [9.17, 15) is 9.59 Å². The first kappa shape index (κ1) is 17.5. The Bertz CT molecular complexity index is 891. The van der Waals surface area contributed by atoms with Crippen molar-refractivity contribution in [3.63, 3.8) is 0 Å². The van der Waals surface area contributed by atoms with Crippen LogP contribution >= 0.6 is 23.1 Å². The Hall–Kier alpha value is -1.64. The summed E-state index contributed by atoms with van der Waals surface area (Å²) in [5.41, 5.74) is 0.466. The van der Waals surface area contributed by atoms with Gasteiger partial charge in [0.05, 0.1) is 10.8 Å². The van der Waals surface area contributed by atoms with Crippen molar-refractivity contribution >= 4 is 50.0 Å². The van der Waals surface area contributed by atoms with Crippen LogP contribution in [0.25, 0.3) is 10.1 Å². The maximum Gasteiger partial charge on any atom is 0.270 e. The Morgan fingerprint density at radius 3 is 2.81 bits per heavy atom. The standard InChI is InChI=1S/C19H22N4O2S2/c24-17-11-26-6-5-23(17)18-7-13-9-20-14(8-16(13)27-18)19(25)21-15-10-22-3-1-12(15)2-4-22/h7-9,12,15H,1-6,10-11H2,(H,21,25). The van der Waals surface area contributed by atoms with E-state index in [1.807, 2.05) is 17.0 Å². The number of hydrogen-bond acceptors (Lipinski definition) is 6. The summed E-state index contributed by atoms with van der Waals surface area (Å²) in [5.74, 6) is 2.17. The van der Waals surface area contributed by atoms with E-state index in [-0.39, 0.29) is 17.9 Å². The third-order valence-corrected chi connectivity index (χ3v) is 7.89. The molecular weight excluding hydrogens is 380 g/mol. The Morgan fingerprint density at radius 1 is 1.22 bits per heavy atom. The van der Waals surface area contributed by atoms with E-state index in [2.05, 4.69) is 15.2 Å². The molecule has 2 aromatic rings. The van der Waals surface area contributed by atoms with Gasteiger partial charge in [0.1, 0.15) is 5.69 Å². The third-order valence-electron chi connectivity index (χ3n) is 5.85. The number of fused-ring (bicyclic) bond motifs is 4. The highest BCUT2D eigenvalue weighted by molar-refractivity contribution is 8.00. The lowest BCUT2D eigenvalue weighted by Crippen LogP contribution is -2.57. The lowest BCUT2D eigenvalue weighted by atomic mass is 9.84. The summed E-state index contributed by atoms with van der Waals surface area (Å²) in [6.45, 7) is 4.02. The van der Waals surface area contributed by atoms with Crippen LogP contribution in [-0.2, 0) is 4.79 Å². The van der Waals surface area contributed by atoms with Gasteiger partial charge in [0, 0.05) is 41.2 Å². The number of amides is 2. The number of pyridine rings is 1. The Kier molecular flexibility index (Phi) is 4.57. The Labute approximate surface area is 166 Å². The quantitative estimate of drug-likeness (QED) is 0.853. The molecule has 4 aliphatic heterocycles. The molecule has 6 heterocycles. The van der Waals surface area contributed by atoms with E-state index in [0.29, 0.717) is 17.4 Å². The molecule has 0 radical (unpaired) electrons. The van der Waals surface area contributed by atoms with Gasteiger partial charge in [0.25, 0.3) is 5.91 Å². The summed E-state index contributed by atoms with van der Waals surface area (Å²) in [7, 11) is 0. The van der Waals surface area contributed by atoms with Crippen molar-refractivity contribution in [3.05, 3.63) is 24.0 Å². The minimum atomic E-state index is -0.0870. The van der Waals surface area contributed by atoms with E-state index in [1.54, 1.807) is 29.3 Å². The molecule has 8 heteroatoms. The molecule has 6 rings (SSSR count). The smallest absolute Gasteiger partial charge is 0.270 e. The monoisotopic (exact) mass is 402 g/mol. The Balaban J connectivity index is 1.34. The number of thioether (sulfide) groups is 1. The predicted molar refractivity (Wildman–Crippen MR) is 110 cm³/mol. The van der Waals surface area contributed by atoms with Gasteiger partial charge in [-0.1, -0.05) is 0 Å². The van der Waals surface area contributed by atoms with Crippen LogP contribution < -0.4 is 10.2 Å². The number of piperidine rings is 3. The summed E-state index contributed by atoms with van der Waals surface area (Å²) in [6.07, 6.45) is 4.10. The molecule has 0 spiro atoms. The lowest BCUT2D eigenvalue weighted by molar-refractivity contribution is -0.116. The molecule has 142 valence electrons. The normalized spacial score (nSPS) is 27.9. The molecule has 2 aromatic heterocycles. The van der Waals surface area contributed by atoms with Gasteiger partial charge in [0.2, 0.25) is 5.91 Å². The number of hydrogen-bond donors (Lipinski definition) is 1. The van der Waals surface area contributed by atoms with Crippen molar-refractivity contribution in [1.82, 2.24) is 15.2 Å². The maximum atomic E-state index is 12.7. The van der Waals surface area contributed by atoms with Crippen LogP contribution in [-0.4, -0.2) is 65.4 Å². The Morgan fingerprint density at radius 2 is 2.07 bits per heavy atom. The van der Waals surface area contributed by atoms with Gasteiger partial charge in [0.15, 0.2) is 0 Å². The first-order valence-electron chi connectivity index (χ1n) is 9.48. The number of thiophene rings is 1. The zero-order valence-electron chi connectivity index (χ0n) is 15.0. The van der Waals surface area contributed by atoms with Crippen LogP contribution in [0.4, 0.5) is 5.00 Å².